The third-order valence-electron chi connectivity index (χ3n) is 2.02. The molecule has 0 N–H and O–H groups in total. The summed E-state index contributed by atoms with van der Waals surface area (Å²) in [6.45, 7) is 2.08. The number of aldehydes is 1. The molecule has 2 heteroatoms. The molecule has 0 aliphatic carbocycles. The van der Waals surface area contributed by atoms with E-state index in [4.69, 9.17) is 4.74 Å². The van der Waals surface area contributed by atoms with E-state index < -0.39 is 0 Å². The van der Waals surface area contributed by atoms with Crippen LogP contribution in [0.3, 0.4) is 0 Å². The number of hydrogen-bond acceptors (Lipinski definition) is 2. The number of benzene rings is 1. The van der Waals surface area contributed by atoms with Crippen LogP contribution in [0.25, 0.3) is 0 Å². The predicted molar refractivity (Wildman–Crippen MR) is 52.4 cm³/mol. The molecule has 2 nitrogen and oxygen atoms in total. The highest BCUT2D eigenvalue weighted by molar-refractivity contribution is 5.78. The fraction of sp³-hybridized carbons (Fsp3) is 0.364. The molecular weight excluding hydrogens is 164 g/mol. The van der Waals surface area contributed by atoms with Gasteiger partial charge in [0.05, 0.1) is 7.11 Å². The molecule has 0 fully saturated rings. The molecule has 0 radical (unpaired) electrons. The second kappa shape index (κ2) is 4.65. The molecule has 0 bridgehead atoms. The Morgan fingerprint density at radius 1 is 1.46 bits per heavy atom. The van der Waals surface area contributed by atoms with Crippen molar-refractivity contribution in [1.82, 2.24) is 0 Å². The topological polar surface area (TPSA) is 26.3 Å². The van der Waals surface area contributed by atoms with Crippen molar-refractivity contribution in [3.63, 3.8) is 0 Å². The fourth-order valence-corrected chi connectivity index (χ4v) is 1.40. The highest BCUT2D eigenvalue weighted by Gasteiger charge is 2.06. The first-order valence-corrected chi connectivity index (χ1v) is 4.44. The molecule has 1 aromatic rings. The summed E-state index contributed by atoms with van der Waals surface area (Å²) in [6.07, 6.45) is 2.78. The van der Waals surface area contributed by atoms with Gasteiger partial charge in [0.1, 0.15) is 12.0 Å². The SMILES string of the molecule is CCCc1c(C=O)cccc1OC. The minimum atomic E-state index is 0.737. The first-order valence-electron chi connectivity index (χ1n) is 4.44. The van der Waals surface area contributed by atoms with E-state index in [0.717, 1.165) is 36.0 Å². The van der Waals surface area contributed by atoms with Crippen LogP contribution in [0.4, 0.5) is 0 Å². The number of rotatable bonds is 4. The lowest BCUT2D eigenvalue weighted by Gasteiger charge is -2.08. The molecule has 0 aromatic heterocycles. The highest BCUT2D eigenvalue weighted by Crippen LogP contribution is 2.22. The van der Waals surface area contributed by atoms with Gasteiger partial charge in [0.15, 0.2) is 0 Å². The molecule has 0 unspecified atom stereocenters. The predicted octanol–water partition coefficient (Wildman–Crippen LogP) is 2.46. The maximum absolute atomic E-state index is 10.7. The molecule has 0 atom stereocenters. The van der Waals surface area contributed by atoms with Crippen molar-refractivity contribution >= 4 is 6.29 Å². The lowest BCUT2D eigenvalue weighted by molar-refractivity contribution is 0.112. The van der Waals surface area contributed by atoms with Crippen LogP contribution in [-0.2, 0) is 6.42 Å². The number of carbonyl (C=O) groups is 1. The van der Waals surface area contributed by atoms with E-state index in [1.165, 1.54) is 0 Å². The molecule has 70 valence electrons. The lowest BCUT2D eigenvalue weighted by Crippen LogP contribution is -1.96. The molecule has 1 aromatic carbocycles. The van der Waals surface area contributed by atoms with Gasteiger partial charge in [-0.1, -0.05) is 25.5 Å². The molecule has 0 saturated carbocycles. The fourth-order valence-electron chi connectivity index (χ4n) is 1.40. The van der Waals surface area contributed by atoms with Gasteiger partial charge in [-0.15, -0.1) is 0 Å². The summed E-state index contributed by atoms with van der Waals surface area (Å²) in [5.41, 5.74) is 1.75. The van der Waals surface area contributed by atoms with Crippen LogP contribution in [0.15, 0.2) is 18.2 Å². The first kappa shape index (κ1) is 9.78. The van der Waals surface area contributed by atoms with Crippen LogP contribution >= 0.6 is 0 Å². The Labute approximate surface area is 78.5 Å². The molecular formula is C11H14O2. The van der Waals surface area contributed by atoms with Crippen molar-refractivity contribution in [2.45, 2.75) is 19.8 Å². The molecule has 0 spiro atoms. The van der Waals surface area contributed by atoms with Gasteiger partial charge >= 0.3 is 0 Å². The van der Waals surface area contributed by atoms with Gasteiger partial charge in [-0.2, -0.15) is 0 Å². The second-order valence-corrected chi connectivity index (χ2v) is 2.90. The number of methoxy groups -OCH3 is 1. The van der Waals surface area contributed by atoms with Gasteiger partial charge in [-0.05, 0) is 12.5 Å². The van der Waals surface area contributed by atoms with E-state index >= 15 is 0 Å². The molecule has 0 heterocycles. The summed E-state index contributed by atoms with van der Waals surface area (Å²) >= 11 is 0. The summed E-state index contributed by atoms with van der Waals surface area (Å²) in [5, 5.41) is 0. The highest BCUT2D eigenvalue weighted by atomic mass is 16.5. The maximum Gasteiger partial charge on any atom is 0.150 e. The van der Waals surface area contributed by atoms with Crippen LogP contribution in [0.5, 0.6) is 5.75 Å². The maximum atomic E-state index is 10.7. The largest absolute Gasteiger partial charge is 0.496 e. The summed E-state index contributed by atoms with van der Waals surface area (Å²) in [7, 11) is 1.63. The molecule has 0 aliphatic rings. The van der Waals surface area contributed by atoms with E-state index in [0.29, 0.717) is 0 Å². The Kier molecular flexibility index (Phi) is 3.50. The lowest BCUT2D eigenvalue weighted by atomic mass is 10.0. The van der Waals surface area contributed by atoms with Gasteiger partial charge in [0, 0.05) is 11.1 Å². The average Bonchev–Trinajstić information content (AvgIpc) is 2.18. The number of ether oxygens (including phenoxy) is 1. The average molecular weight is 178 g/mol. The summed E-state index contributed by atoms with van der Waals surface area (Å²) in [6, 6.07) is 5.54. The Hall–Kier alpha value is -1.31. The molecule has 0 aliphatic heterocycles. The Morgan fingerprint density at radius 2 is 2.23 bits per heavy atom. The van der Waals surface area contributed by atoms with Gasteiger partial charge in [-0.25, -0.2) is 0 Å². The monoisotopic (exact) mass is 178 g/mol. The first-order chi connectivity index (χ1) is 6.33. The van der Waals surface area contributed by atoms with Crippen LogP contribution in [0.2, 0.25) is 0 Å². The third-order valence-corrected chi connectivity index (χ3v) is 2.02. The summed E-state index contributed by atoms with van der Waals surface area (Å²) in [5.74, 6) is 0.812. The third kappa shape index (κ3) is 2.08. The van der Waals surface area contributed by atoms with Gasteiger partial charge < -0.3 is 4.74 Å². The van der Waals surface area contributed by atoms with Crippen LogP contribution in [-0.4, -0.2) is 13.4 Å². The zero-order chi connectivity index (χ0) is 9.68. The van der Waals surface area contributed by atoms with Crippen LogP contribution < -0.4 is 4.74 Å². The van der Waals surface area contributed by atoms with Crippen molar-refractivity contribution < 1.29 is 9.53 Å². The number of hydrogen-bond donors (Lipinski definition) is 0. The minimum Gasteiger partial charge on any atom is -0.496 e. The minimum absolute atomic E-state index is 0.737. The normalized spacial score (nSPS) is 9.69. The van der Waals surface area contributed by atoms with Crippen molar-refractivity contribution in [3.05, 3.63) is 29.3 Å². The smallest absolute Gasteiger partial charge is 0.150 e. The molecule has 13 heavy (non-hydrogen) atoms. The summed E-state index contributed by atoms with van der Waals surface area (Å²) in [4.78, 5) is 10.7. The van der Waals surface area contributed by atoms with Crippen molar-refractivity contribution in [1.29, 1.82) is 0 Å². The van der Waals surface area contributed by atoms with Crippen LogP contribution in [0, 0.1) is 0 Å². The zero-order valence-corrected chi connectivity index (χ0v) is 8.04. The van der Waals surface area contributed by atoms with Crippen molar-refractivity contribution in [2.75, 3.05) is 7.11 Å². The van der Waals surface area contributed by atoms with Gasteiger partial charge in [-0.3, -0.25) is 4.79 Å². The second-order valence-electron chi connectivity index (χ2n) is 2.90. The van der Waals surface area contributed by atoms with E-state index in [1.54, 1.807) is 7.11 Å². The van der Waals surface area contributed by atoms with E-state index in [9.17, 15) is 4.79 Å². The van der Waals surface area contributed by atoms with Crippen LogP contribution in [0.1, 0.15) is 29.3 Å². The van der Waals surface area contributed by atoms with Gasteiger partial charge in [0.25, 0.3) is 0 Å². The van der Waals surface area contributed by atoms with Crippen molar-refractivity contribution in [2.24, 2.45) is 0 Å². The zero-order valence-electron chi connectivity index (χ0n) is 8.04. The van der Waals surface area contributed by atoms with E-state index in [1.807, 2.05) is 18.2 Å². The molecule has 1 rings (SSSR count). The van der Waals surface area contributed by atoms with Gasteiger partial charge in [0.2, 0.25) is 0 Å². The van der Waals surface area contributed by atoms with E-state index in [-0.39, 0.29) is 0 Å². The summed E-state index contributed by atoms with van der Waals surface area (Å²) < 4.78 is 5.18. The quantitative estimate of drug-likeness (QED) is 0.662. The molecule has 0 saturated heterocycles. The standard InChI is InChI=1S/C11H14O2/c1-3-5-10-9(8-12)6-4-7-11(10)13-2/h4,6-8H,3,5H2,1-2H3. The Bertz CT molecular complexity index is 292. The Balaban J connectivity index is 3.12. The van der Waals surface area contributed by atoms with Crippen molar-refractivity contribution in [3.8, 4) is 5.75 Å². The Morgan fingerprint density at radius 3 is 2.77 bits per heavy atom. The molecule has 0 amide bonds. The van der Waals surface area contributed by atoms with E-state index in [2.05, 4.69) is 6.92 Å². The number of carbonyl (C=O) groups excluding carboxylic acids is 1.